The zero-order valence-corrected chi connectivity index (χ0v) is 17.9. The topological polar surface area (TPSA) is 46.8 Å². The summed E-state index contributed by atoms with van der Waals surface area (Å²) in [4.78, 5) is 16.5. The van der Waals surface area contributed by atoms with Crippen LogP contribution in [0.15, 0.2) is 29.4 Å². The Bertz CT molecular complexity index is 875. The first-order valence-corrected chi connectivity index (χ1v) is 10.4. The predicted molar refractivity (Wildman–Crippen MR) is 113 cm³/mol. The van der Waals surface area contributed by atoms with Crippen molar-refractivity contribution >= 4 is 51.3 Å². The number of anilines is 1. The molecule has 25 heavy (non-hydrogen) atoms. The second-order valence-electron chi connectivity index (χ2n) is 5.87. The fourth-order valence-electron chi connectivity index (χ4n) is 2.60. The number of thioether (sulfide) groups is 1. The average Bonchev–Trinajstić information content (AvgIpc) is 2.96. The first-order valence-electron chi connectivity index (χ1n) is 8.35. The minimum Gasteiger partial charge on any atom is -0.358 e. The van der Waals surface area contributed by atoms with Gasteiger partial charge in [-0.2, -0.15) is 0 Å². The third-order valence-electron chi connectivity index (χ3n) is 4.21. The minimum absolute atomic E-state index is 0.798. The van der Waals surface area contributed by atoms with Crippen LogP contribution >= 0.6 is 34.4 Å². The van der Waals surface area contributed by atoms with Gasteiger partial charge in [-0.3, -0.25) is 0 Å². The third kappa shape index (κ3) is 3.92. The number of fused-ring (bicyclic) bond motifs is 1. The SMILES string of the molecule is CCc1nc2c(N(C)CC)nc(SCc3ccc(I)cc3)nc2n1C. The average molecular weight is 467 g/mol. The molecule has 0 aliphatic rings. The summed E-state index contributed by atoms with van der Waals surface area (Å²) in [5.41, 5.74) is 3.08. The van der Waals surface area contributed by atoms with E-state index in [0.717, 1.165) is 46.7 Å². The van der Waals surface area contributed by atoms with Gasteiger partial charge in [0.15, 0.2) is 22.1 Å². The van der Waals surface area contributed by atoms with Crippen LogP contribution in [0, 0.1) is 3.57 Å². The Morgan fingerprint density at radius 1 is 1.12 bits per heavy atom. The molecule has 0 saturated heterocycles. The number of benzene rings is 1. The van der Waals surface area contributed by atoms with Crippen LogP contribution in [-0.2, 0) is 19.2 Å². The van der Waals surface area contributed by atoms with Crippen LogP contribution in [0.2, 0.25) is 0 Å². The molecule has 0 fully saturated rings. The third-order valence-corrected chi connectivity index (χ3v) is 5.84. The van der Waals surface area contributed by atoms with E-state index in [1.807, 2.05) is 7.05 Å². The lowest BCUT2D eigenvalue weighted by Gasteiger charge is -2.16. The monoisotopic (exact) mass is 467 g/mol. The number of hydrogen-bond donors (Lipinski definition) is 0. The van der Waals surface area contributed by atoms with Gasteiger partial charge >= 0.3 is 0 Å². The molecular formula is C18H22IN5S. The van der Waals surface area contributed by atoms with Crippen LogP contribution in [0.5, 0.6) is 0 Å². The summed E-state index contributed by atoms with van der Waals surface area (Å²) in [7, 11) is 4.08. The molecule has 0 saturated carbocycles. The molecule has 2 aromatic heterocycles. The lowest BCUT2D eigenvalue weighted by atomic mass is 10.2. The molecule has 0 unspecified atom stereocenters. The fraction of sp³-hybridized carbons (Fsp3) is 0.389. The summed E-state index contributed by atoms with van der Waals surface area (Å²) in [6, 6.07) is 8.58. The number of imidazole rings is 1. The van der Waals surface area contributed by atoms with Crippen molar-refractivity contribution in [3.05, 3.63) is 39.2 Å². The number of hydrogen-bond acceptors (Lipinski definition) is 5. The molecule has 0 N–H and O–H groups in total. The summed E-state index contributed by atoms with van der Waals surface area (Å²) in [5.74, 6) is 2.80. The molecule has 3 rings (SSSR count). The largest absolute Gasteiger partial charge is 0.358 e. The molecular weight excluding hydrogens is 445 g/mol. The highest BCUT2D eigenvalue weighted by Crippen LogP contribution is 2.28. The maximum absolute atomic E-state index is 4.79. The van der Waals surface area contributed by atoms with E-state index < -0.39 is 0 Å². The first kappa shape index (κ1) is 18.4. The van der Waals surface area contributed by atoms with Crippen LogP contribution in [0.1, 0.15) is 25.2 Å². The van der Waals surface area contributed by atoms with Crippen molar-refractivity contribution in [2.75, 3.05) is 18.5 Å². The molecule has 132 valence electrons. The minimum atomic E-state index is 0.798. The van der Waals surface area contributed by atoms with Crippen molar-refractivity contribution in [2.24, 2.45) is 7.05 Å². The molecule has 0 bridgehead atoms. The van der Waals surface area contributed by atoms with Crippen LogP contribution in [0.25, 0.3) is 11.2 Å². The maximum atomic E-state index is 4.79. The molecule has 0 atom stereocenters. The molecule has 5 nitrogen and oxygen atoms in total. The Morgan fingerprint density at radius 3 is 2.48 bits per heavy atom. The van der Waals surface area contributed by atoms with Gasteiger partial charge in [0.1, 0.15) is 5.82 Å². The van der Waals surface area contributed by atoms with Crippen molar-refractivity contribution in [3.8, 4) is 0 Å². The molecule has 7 heteroatoms. The fourth-order valence-corrected chi connectivity index (χ4v) is 3.75. The second kappa shape index (κ2) is 7.90. The van der Waals surface area contributed by atoms with E-state index in [2.05, 4.69) is 77.2 Å². The van der Waals surface area contributed by atoms with Gasteiger partial charge in [0.2, 0.25) is 0 Å². The Labute approximate surface area is 166 Å². The second-order valence-corrected chi connectivity index (χ2v) is 8.06. The number of aromatic nitrogens is 4. The van der Waals surface area contributed by atoms with Gasteiger partial charge in [0.05, 0.1) is 0 Å². The highest BCUT2D eigenvalue weighted by molar-refractivity contribution is 14.1. The summed E-state index contributed by atoms with van der Waals surface area (Å²) in [6.07, 6.45) is 0.882. The summed E-state index contributed by atoms with van der Waals surface area (Å²) in [6.45, 7) is 5.12. The van der Waals surface area contributed by atoms with Crippen molar-refractivity contribution in [2.45, 2.75) is 31.2 Å². The molecule has 3 aromatic rings. The highest BCUT2D eigenvalue weighted by atomic mass is 127. The Hall–Kier alpha value is -1.35. The Balaban J connectivity index is 1.97. The number of rotatable bonds is 6. The van der Waals surface area contributed by atoms with Gasteiger partial charge in [-0.25, -0.2) is 15.0 Å². The lowest BCUT2D eigenvalue weighted by Crippen LogP contribution is -2.18. The summed E-state index contributed by atoms with van der Waals surface area (Å²) >= 11 is 3.99. The maximum Gasteiger partial charge on any atom is 0.191 e. The van der Waals surface area contributed by atoms with Gasteiger partial charge in [0.25, 0.3) is 0 Å². The van der Waals surface area contributed by atoms with Gasteiger partial charge in [0, 0.05) is 36.4 Å². The van der Waals surface area contributed by atoms with E-state index in [1.54, 1.807) is 11.8 Å². The predicted octanol–water partition coefficient (Wildman–Crippen LogP) is 4.28. The molecule has 0 aliphatic carbocycles. The molecule has 0 aliphatic heterocycles. The van der Waals surface area contributed by atoms with Crippen molar-refractivity contribution in [3.63, 3.8) is 0 Å². The standard InChI is InChI=1S/C18H22IN5S/c1-5-14-20-15-16(23(3)6-2)21-18(22-17(15)24(14)4)25-11-12-7-9-13(19)10-8-12/h7-10H,5-6,11H2,1-4H3. The molecule has 0 amide bonds. The number of halogens is 1. The van der Waals surface area contributed by atoms with E-state index in [-0.39, 0.29) is 0 Å². The van der Waals surface area contributed by atoms with Crippen molar-refractivity contribution < 1.29 is 0 Å². The quantitative estimate of drug-likeness (QED) is 0.308. The van der Waals surface area contributed by atoms with Crippen LogP contribution in [0.4, 0.5) is 5.82 Å². The summed E-state index contributed by atoms with van der Waals surface area (Å²) in [5, 5.41) is 0.798. The Kier molecular flexibility index (Phi) is 5.83. The van der Waals surface area contributed by atoms with E-state index >= 15 is 0 Å². The number of aryl methyl sites for hydroxylation is 2. The summed E-state index contributed by atoms with van der Waals surface area (Å²) < 4.78 is 3.33. The van der Waals surface area contributed by atoms with Crippen molar-refractivity contribution in [1.29, 1.82) is 0 Å². The molecule has 1 aromatic carbocycles. The highest BCUT2D eigenvalue weighted by Gasteiger charge is 2.17. The Morgan fingerprint density at radius 2 is 1.84 bits per heavy atom. The molecule has 0 spiro atoms. The van der Waals surface area contributed by atoms with E-state index in [4.69, 9.17) is 15.0 Å². The molecule has 2 heterocycles. The number of nitrogens with zero attached hydrogens (tertiary/aromatic N) is 5. The zero-order chi connectivity index (χ0) is 18.0. The van der Waals surface area contributed by atoms with E-state index in [9.17, 15) is 0 Å². The first-order chi connectivity index (χ1) is 12.0. The van der Waals surface area contributed by atoms with Crippen molar-refractivity contribution in [1.82, 2.24) is 19.5 Å². The van der Waals surface area contributed by atoms with Gasteiger partial charge in [-0.1, -0.05) is 30.8 Å². The van der Waals surface area contributed by atoms with Gasteiger partial charge < -0.3 is 9.47 Å². The van der Waals surface area contributed by atoms with Crippen LogP contribution in [-0.4, -0.2) is 33.1 Å². The van der Waals surface area contributed by atoms with E-state index in [1.165, 1.54) is 9.13 Å². The lowest BCUT2D eigenvalue weighted by molar-refractivity contribution is 0.813. The van der Waals surface area contributed by atoms with E-state index in [0.29, 0.717) is 0 Å². The molecule has 0 radical (unpaired) electrons. The van der Waals surface area contributed by atoms with Gasteiger partial charge in [-0.15, -0.1) is 0 Å². The van der Waals surface area contributed by atoms with Crippen LogP contribution < -0.4 is 4.90 Å². The normalized spacial score (nSPS) is 11.2. The van der Waals surface area contributed by atoms with Crippen LogP contribution in [0.3, 0.4) is 0 Å². The van der Waals surface area contributed by atoms with Gasteiger partial charge in [-0.05, 0) is 47.2 Å². The smallest absolute Gasteiger partial charge is 0.191 e. The zero-order valence-electron chi connectivity index (χ0n) is 15.0.